The van der Waals surface area contributed by atoms with Gasteiger partial charge in [0.2, 0.25) is 10.0 Å². The second-order valence-electron chi connectivity index (χ2n) is 11.4. The third kappa shape index (κ3) is 12.8. The van der Waals surface area contributed by atoms with E-state index in [1.807, 2.05) is 19.1 Å². The third-order valence-electron chi connectivity index (χ3n) is 7.16. The summed E-state index contributed by atoms with van der Waals surface area (Å²) >= 11 is 0. The van der Waals surface area contributed by atoms with Crippen LogP contribution < -0.4 is 9.94 Å². The number of unbranched alkanes of at least 4 members (excludes halogenated alkanes) is 3. The topological polar surface area (TPSA) is 102 Å². The minimum absolute atomic E-state index is 0.0908. The molecule has 1 aromatic rings. The molecule has 7 nitrogen and oxygen atoms in total. The first-order valence-corrected chi connectivity index (χ1v) is 19.3. The van der Waals surface area contributed by atoms with E-state index in [1.165, 1.54) is 75.4 Å². The summed E-state index contributed by atoms with van der Waals surface area (Å²) in [5.41, 5.74) is 3.93. The average Bonchev–Trinajstić information content (AvgIpc) is 2.90. The molecule has 246 valence electrons. The number of benzene rings is 1. The molecule has 0 spiro atoms. The number of hydrazine groups is 1. The Balaban J connectivity index is 0.00000117. The predicted molar refractivity (Wildman–Crippen MR) is 166 cm³/mol. The van der Waals surface area contributed by atoms with Crippen LogP contribution in [0.5, 0.6) is 0 Å². The van der Waals surface area contributed by atoms with Crippen molar-refractivity contribution in [2.24, 2.45) is 10.9 Å². The Morgan fingerprint density at radius 2 is 1.47 bits per heavy atom. The summed E-state index contributed by atoms with van der Waals surface area (Å²) in [6.45, 7) is 12.9. The number of sulfonamides is 1. The van der Waals surface area contributed by atoms with E-state index >= 15 is 0 Å². The maximum Gasteiger partial charge on any atom is 0.430 e. The fraction of sp³-hybridized carbons (Fsp3) is 0.667. The Kier molecular flexibility index (Phi) is 15.8. The van der Waals surface area contributed by atoms with Gasteiger partial charge in [0.1, 0.15) is 18.0 Å². The van der Waals surface area contributed by atoms with Crippen molar-refractivity contribution in [1.82, 2.24) is 9.84 Å². The first-order chi connectivity index (χ1) is 19.9. The van der Waals surface area contributed by atoms with Gasteiger partial charge in [-0.3, -0.25) is 10.0 Å². The lowest BCUT2D eigenvalue weighted by Crippen LogP contribution is -2.50. The highest BCUT2D eigenvalue weighted by molar-refractivity contribution is 7.88. The van der Waals surface area contributed by atoms with Gasteiger partial charge in [0.25, 0.3) is 0 Å². The number of aliphatic imine (C=N–C) groups is 1. The minimum atomic E-state index is -5.19. The van der Waals surface area contributed by atoms with Crippen LogP contribution in [-0.2, 0) is 14.8 Å². The molecule has 0 aliphatic carbocycles. The molecule has 1 aromatic carbocycles. The lowest BCUT2D eigenvalue weighted by molar-refractivity contribution is -0.344. The number of allylic oxidation sites excluding steroid dienone is 2. The highest BCUT2D eigenvalue weighted by atomic mass is 32.2. The van der Waals surface area contributed by atoms with Gasteiger partial charge in [-0.15, -0.1) is 4.83 Å². The largest absolute Gasteiger partial charge is 0.542 e. The van der Waals surface area contributed by atoms with E-state index in [0.29, 0.717) is 0 Å². The van der Waals surface area contributed by atoms with E-state index < -0.39 is 35.6 Å². The lowest BCUT2D eigenvalue weighted by atomic mass is 9.94. The van der Waals surface area contributed by atoms with E-state index in [1.54, 1.807) is 5.01 Å². The van der Waals surface area contributed by atoms with Gasteiger partial charge in [0.05, 0.1) is 36.6 Å². The third-order valence-corrected chi connectivity index (χ3v) is 12.5. The minimum Gasteiger partial charge on any atom is -0.542 e. The second-order valence-corrected chi connectivity index (χ2v) is 17.5. The molecule has 2 rings (SSSR count). The van der Waals surface area contributed by atoms with E-state index in [-0.39, 0.29) is 11.7 Å². The zero-order valence-corrected chi connectivity index (χ0v) is 28.1. The Labute approximate surface area is 255 Å². The fourth-order valence-electron chi connectivity index (χ4n) is 5.12. The molecule has 1 aliphatic heterocycles. The molecule has 13 heteroatoms. The zero-order valence-electron chi connectivity index (χ0n) is 26.4. The number of carbonyl (C=O) groups is 1. The summed E-state index contributed by atoms with van der Waals surface area (Å²) in [4.78, 5) is 16.6. The van der Waals surface area contributed by atoms with Crippen LogP contribution in [0.3, 0.4) is 0 Å². The summed E-state index contributed by atoms with van der Waals surface area (Å²) in [5, 5.41) is 10.5. The van der Waals surface area contributed by atoms with Crippen molar-refractivity contribution in [3.05, 3.63) is 46.9 Å². The maximum absolute atomic E-state index is 13.8. The summed E-state index contributed by atoms with van der Waals surface area (Å²) in [7, 11) is -4.86. The molecule has 0 radical (unpaired) electrons. The first kappa shape index (κ1) is 39.0. The van der Waals surface area contributed by atoms with Crippen molar-refractivity contribution in [2.45, 2.75) is 92.4 Å². The van der Waals surface area contributed by atoms with Crippen LogP contribution in [0.4, 0.5) is 17.6 Å². The van der Waals surface area contributed by atoms with Gasteiger partial charge in [-0.2, -0.15) is 13.2 Å². The van der Waals surface area contributed by atoms with Gasteiger partial charge in [-0.25, -0.2) is 12.8 Å². The molecule has 1 heterocycles. The SMILES string of the molecule is CCCC[P+](CCCC)(CCCC)CC1=C(C(C)C)N(NS(C)(=O)=O)C(C)N=C1c1ccc(F)cc1.O=C([O-])C(F)(F)F. The summed E-state index contributed by atoms with van der Waals surface area (Å²) in [5.74, 6) is -3.19. The number of carboxylic acid groups (broad SMARTS) is 1. The van der Waals surface area contributed by atoms with Crippen LogP contribution in [0, 0.1) is 11.7 Å². The smallest absolute Gasteiger partial charge is 0.430 e. The first-order valence-electron chi connectivity index (χ1n) is 14.9. The Bertz CT molecular complexity index is 1180. The number of rotatable bonds is 15. The molecule has 0 saturated heterocycles. The number of hydrogen-bond acceptors (Lipinski definition) is 6. The van der Waals surface area contributed by atoms with Crippen LogP contribution in [0.25, 0.3) is 0 Å². The number of aliphatic carboxylic acids is 1. The Morgan fingerprint density at radius 1 is 1.02 bits per heavy atom. The van der Waals surface area contributed by atoms with Crippen LogP contribution in [0.2, 0.25) is 0 Å². The van der Waals surface area contributed by atoms with Gasteiger partial charge in [-0.05, 0) is 56.4 Å². The molecular weight excluding hydrogens is 605 g/mol. The molecule has 0 bridgehead atoms. The molecule has 0 fully saturated rings. The van der Waals surface area contributed by atoms with Crippen molar-refractivity contribution in [3.8, 4) is 0 Å². The van der Waals surface area contributed by atoms with Gasteiger partial charge in [0.15, 0.2) is 0 Å². The molecule has 0 amide bonds. The van der Waals surface area contributed by atoms with E-state index in [0.717, 1.165) is 28.7 Å². The highest BCUT2D eigenvalue weighted by Gasteiger charge is 2.42. The molecular formula is C30H48F4N3O4PS. The van der Waals surface area contributed by atoms with Crippen LogP contribution in [0.1, 0.15) is 85.6 Å². The monoisotopic (exact) mass is 653 g/mol. The number of hydrogen-bond donors (Lipinski definition) is 1. The molecule has 0 saturated carbocycles. The average molecular weight is 654 g/mol. The number of carboxylic acids is 1. The van der Waals surface area contributed by atoms with E-state index in [4.69, 9.17) is 14.9 Å². The highest BCUT2D eigenvalue weighted by Crippen LogP contribution is 2.62. The maximum atomic E-state index is 13.8. The normalized spacial score (nSPS) is 16.2. The number of alkyl halides is 3. The van der Waals surface area contributed by atoms with Gasteiger partial charge >= 0.3 is 6.18 Å². The zero-order chi connectivity index (χ0) is 33.0. The van der Waals surface area contributed by atoms with Gasteiger partial charge in [-0.1, -0.05) is 53.9 Å². The van der Waals surface area contributed by atoms with Crippen LogP contribution >= 0.6 is 7.26 Å². The quantitative estimate of drug-likeness (QED) is 0.175. The van der Waals surface area contributed by atoms with Crippen molar-refractivity contribution in [2.75, 3.05) is 30.9 Å². The molecule has 1 atom stereocenters. The van der Waals surface area contributed by atoms with E-state index in [9.17, 15) is 26.0 Å². The van der Waals surface area contributed by atoms with Crippen LogP contribution in [-0.4, -0.2) is 68.4 Å². The predicted octanol–water partition coefficient (Wildman–Crippen LogP) is 6.37. The van der Waals surface area contributed by atoms with Gasteiger partial charge < -0.3 is 9.90 Å². The number of carbonyl (C=O) groups excluding carboxylic acids is 1. The number of nitrogens with one attached hydrogen (secondary N) is 1. The number of halogens is 4. The van der Waals surface area contributed by atoms with Crippen molar-refractivity contribution in [1.29, 1.82) is 0 Å². The second kappa shape index (κ2) is 17.4. The standard InChI is InChI=1S/C28H48FN3O2PS.C2HF3O2/c1-8-11-18-35(19-12-9-2,20-13-10-3)21-26-27(24-14-16-25(29)17-15-24)30-23(6)32(28(26)22(4)5)31-36(7,33)34;3-2(4,5)1(6)7/h14-17,22-23,31H,8-13,18-21H2,1-7H3;(H,6,7)/q+1;/p-1. The van der Waals surface area contributed by atoms with Crippen molar-refractivity contribution >= 4 is 29.0 Å². The molecule has 0 aromatic heterocycles. The number of nitrogens with zero attached hydrogens (tertiary/aromatic N) is 2. The van der Waals surface area contributed by atoms with Gasteiger partial charge in [0, 0.05) is 24.1 Å². The van der Waals surface area contributed by atoms with Crippen molar-refractivity contribution < 1.29 is 35.9 Å². The molecule has 1 aliphatic rings. The lowest BCUT2D eigenvalue weighted by Gasteiger charge is -2.40. The van der Waals surface area contributed by atoms with E-state index in [2.05, 4.69) is 39.4 Å². The summed E-state index contributed by atoms with van der Waals surface area (Å²) in [6, 6.07) is 6.60. The molecule has 1 N–H and O–H groups in total. The summed E-state index contributed by atoms with van der Waals surface area (Å²) < 4.78 is 70.1. The fourth-order valence-corrected chi connectivity index (χ4v) is 10.8. The molecule has 1 unspecified atom stereocenters. The van der Waals surface area contributed by atoms with Crippen molar-refractivity contribution in [3.63, 3.8) is 0 Å². The van der Waals surface area contributed by atoms with Crippen LogP contribution in [0.15, 0.2) is 40.5 Å². The summed E-state index contributed by atoms with van der Waals surface area (Å²) in [6.07, 6.45) is 7.48. The Morgan fingerprint density at radius 3 is 1.81 bits per heavy atom. The molecule has 43 heavy (non-hydrogen) atoms. The Hall–Kier alpha value is -2.04.